The van der Waals surface area contributed by atoms with E-state index in [4.69, 9.17) is 5.73 Å². The molecule has 6 nitrogen and oxygen atoms in total. The van der Waals surface area contributed by atoms with Crippen molar-refractivity contribution in [2.75, 3.05) is 18.4 Å². The second kappa shape index (κ2) is 7.01. The van der Waals surface area contributed by atoms with Crippen LogP contribution in [0.3, 0.4) is 0 Å². The molecule has 4 rings (SSSR count). The van der Waals surface area contributed by atoms with Crippen LogP contribution in [-0.4, -0.2) is 35.0 Å². The smallest absolute Gasteiger partial charge is 0.250 e. The van der Waals surface area contributed by atoms with Gasteiger partial charge in [-0.15, -0.1) is 0 Å². The summed E-state index contributed by atoms with van der Waals surface area (Å²) in [5.74, 6) is 0.540. The number of fused-ring (bicyclic) bond motifs is 1. The maximum Gasteiger partial charge on any atom is 0.250 e. The summed E-state index contributed by atoms with van der Waals surface area (Å²) in [4.78, 5) is 20.3. The number of nitrogens with zero attached hydrogens (tertiary/aromatic N) is 2. The zero-order valence-corrected chi connectivity index (χ0v) is 15.5. The normalized spacial score (nSPS) is 19.6. The zero-order chi connectivity index (χ0) is 18.1. The molecule has 2 unspecified atom stereocenters. The van der Waals surface area contributed by atoms with Gasteiger partial charge in [0.1, 0.15) is 12.1 Å². The van der Waals surface area contributed by atoms with Crippen molar-refractivity contribution in [1.29, 1.82) is 0 Å². The topological polar surface area (TPSA) is 92.9 Å². The Morgan fingerprint density at radius 2 is 2.04 bits per heavy atom. The average molecular weight is 412 g/mol. The number of aromatic nitrogens is 2. The van der Waals surface area contributed by atoms with Crippen LogP contribution in [0.5, 0.6) is 0 Å². The lowest BCUT2D eigenvalue weighted by Crippen LogP contribution is -2.27. The summed E-state index contributed by atoms with van der Waals surface area (Å²) in [6.45, 7) is 1.72. The van der Waals surface area contributed by atoms with Crippen molar-refractivity contribution in [3.63, 3.8) is 0 Å². The number of hydrogen-bond donors (Lipinski definition) is 3. The standard InChI is InChI=1S/C19H18BrN5O/c20-12-4-1-3-11(7-12)15-8-22-9-16(15)25-19-14-6-2-5-13(18(21)26)17(14)23-10-24-19/h1-7,10,15-16,22H,8-9H2,(H2,21,26)(H,23,24,25). The molecule has 26 heavy (non-hydrogen) atoms. The van der Waals surface area contributed by atoms with E-state index in [1.54, 1.807) is 12.1 Å². The molecule has 0 saturated carbocycles. The largest absolute Gasteiger partial charge is 0.366 e. The number of rotatable bonds is 4. The summed E-state index contributed by atoms with van der Waals surface area (Å²) in [6, 6.07) is 13.9. The van der Waals surface area contributed by atoms with Crippen LogP contribution in [0.2, 0.25) is 0 Å². The molecule has 0 spiro atoms. The van der Waals surface area contributed by atoms with Gasteiger partial charge >= 0.3 is 0 Å². The Bertz CT molecular complexity index is 977. The molecule has 3 aromatic rings. The summed E-state index contributed by atoms with van der Waals surface area (Å²) < 4.78 is 1.07. The van der Waals surface area contributed by atoms with Crippen LogP contribution >= 0.6 is 15.9 Å². The third kappa shape index (κ3) is 3.15. The second-order valence-corrected chi connectivity index (χ2v) is 7.27. The lowest BCUT2D eigenvalue weighted by Gasteiger charge is -2.22. The van der Waals surface area contributed by atoms with Crippen LogP contribution < -0.4 is 16.4 Å². The van der Waals surface area contributed by atoms with Gasteiger partial charge in [-0.3, -0.25) is 4.79 Å². The maximum atomic E-state index is 11.7. The summed E-state index contributed by atoms with van der Waals surface area (Å²) in [5, 5.41) is 7.78. The molecule has 7 heteroatoms. The monoisotopic (exact) mass is 411 g/mol. The minimum atomic E-state index is -0.491. The predicted molar refractivity (Wildman–Crippen MR) is 105 cm³/mol. The quantitative estimate of drug-likeness (QED) is 0.613. The predicted octanol–water partition coefficient (Wildman–Crippen LogP) is 2.66. The Balaban J connectivity index is 1.68. The number of nitrogens with two attached hydrogens (primary N) is 1. The molecule has 2 aromatic carbocycles. The van der Waals surface area contributed by atoms with E-state index in [9.17, 15) is 4.79 Å². The van der Waals surface area contributed by atoms with E-state index < -0.39 is 5.91 Å². The van der Waals surface area contributed by atoms with Gasteiger partial charge in [0.2, 0.25) is 0 Å². The van der Waals surface area contributed by atoms with E-state index in [1.165, 1.54) is 11.9 Å². The van der Waals surface area contributed by atoms with Crippen LogP contribution in [0.25, 0.3) is 10.9 Å². The van der Waals surface area contributed by atoms with E-state index in [0.717, 1.165) is 22.9 Å². The number of amides is 1. The van der Waals surface area contributed by atoms with Gasteiger partial charge in [-0.05, 0) is 29.8 Å². The number of hydrogen-bond acceptors (Lipinski definition) is 5. The minimum Gasteiger partial charge on any atom is -0.366 e. The molecular formula is C19H18BrN5O. The molecule has 1 aliphatic heterocycles. The van der Waals surface area contributed by atoms with Crippen molar-refractivity contribution >= 4 is 38.6 Å². The summed E-state index contributed by atoms with van der Waals surface area (Å²) in [5.41, 5.74) is 7.71. The molecule has 0 bridgehead atoms. The van der Waals surface area contributed by atoms with Crippen LogP contribution in [0.15, 0.2) is 53.3 Å². The van der Waals surface area contributed by atoms with E-state index in [2.05, 4.69) is 48.7 Å². The number of halogens is 1. The molecule has 0 radical (unpaired) electrons. The fraction of sp³-hybridized carbons (Fsp3) is 0.211. The van der Waals surface area contributed by atoms with Gasteiger partial charge in [0.25, 0.3) is 5.91 Å². The van der Waals surface area contributed by atoms with Crippen molar-refractivity contribution in [3.05, 3.63) is 64.4 Å². The Morgan fingerprint density at radius 1 is 1.19 bits per heavy atom. The first-order valence-electron chi connectivity index (χ1n) is 8.40. The van der Waals surface area contributed by atoms with Gasteiger partial charge in [0.05, 0.1) is 11.1 Å². The molecular weight excluding hydrogens is 394 g/mol. The lowest BCUT2D eigenvalue weighted by atomic mass is 9.94. The molecule has 1 fully saturated rings. The maximum absolute atomic E-state index is 11.7. The Kier molecular flexibility index (Phi) is 4.57. The minimum absolute atomic E-state index is 0.180. The molecule has 1 saturated heterocycles. The highest BCUT2D eigenvalue weighted by Crippen LogP contribution is 2.29. The Labute approximate surface area is 159 Å². The van der Waals surface area contributed by atoms with Gasteiger partial charge in [0, 0.05) is 34.9 Å². The zero-order valence-electron chi connectivity index (χ0n) is 13.9. The molecule has 1 aliphatic rings. The summed E-state index contributed by atoms with van der Waals surface area (Å²) in [7, 11) is 0. The highest BCUT2D eigenvalue weighted by Gasteiger charge is 2.29. The number of benzene rings is 2. The van der Waals surface area contributed by atoms with Gasteiger partial charge in [-0.2, -0.15) is 0 Å². The van der Waals surface area contributed by atoms with Crippen LogP contribution in [0.1, 0.15) is 21.8 Å². The first-order valence-corrected chi connectivity index (χ1v) is 9.19. The van der Waals surface area contributed by atoms with Crippen molar-refractivity contribution in [2.24, 2.45) is 5.73 Å². The van der Waals surface area contributed by atoms with Gasteiger partial charge < -0.3 is 16.4 Å². The first-order chi connectivity index (χ1) is 12.6. The highest BCUT2D eigenvalue weighted by molar-refractivity contribution is 9.10. The fourth-order valence-corrected chi connectivity index (χ4v) is 3.91. The average Bonchev–Trinajstić information content (AvgIpc) is 3.09. The number of primary amides is 1. The van der Waals surface area contributed by atoms with Crippen LogP contribution in [-0.2, 0) is 0 Å². The second-order valence-electron chi connectivity index (χ2n) is 6.36. The third-order valence-electron chi connectivity index (χ3n) is 4.74. The van der Waals surface area contributed by atoms with E-state index in [0.29, 0.717) is 22.8 Å². The number of carbonyl (C=O) groups excluding carboxylic acids is 1. The van der Waals surface area contributed by atoms with E-state index >= 15 is 0 Å². The van der Waals surface area contributed by atoms with Crippen molar-refractivity contribution in [2.45, 2.75) is 12.0 Å². The van der Waals surface area contributed by atoms with Gasteiger partial charge in [-0.25, -0.2) is 9.97 Å². The summed E-state index contributed by atoms with van der Waals surface area (Å²) in [6.07, 6.45) is 1.47. The fourth-order valence-electron chi connectivity index (χ4n) is 3.49. The first kappa shape index (κ1) is 16.9. The Morgan fingerprint density at radius 3 is 2.85 bits per heavy atom. The van der Waals surface area contributed by atoms with Crippen LogP contribution in [0, 0.1) is 0 Å². The van der Waals surface area contributed by atoms with Gasteiger partial charge in [-0.1, -0.05) is 34.1 Å². The number of carbonyl (C=O) groups is 1. The SMILES string of the molecule is NC(=O)c1cccc2c(NC3CNCC3c3cccc(Br)c3)ncnc12. The molecule has 2 heterocycles. The highest BCUT2D eigenvalue weighted by atomic mass is 79.9. The molecule has 2 atom stereocenters. The number of nitrogens with one attached hydrogen (secondary N) is 2. The molecule has 132 valence electrons. The van der Waals surface area contributed by atoms with E-state index in [1.807, 2.05) is 18.2 Å². The van der Waals surface area contributed by atoms with Crippen molar-refractivity contribution in [3.8, 4) is 0 Å². The summed E-state index contributed by atoms with van der Waals surface area (Å²) >= 11 is 3.54. The van der Waals surface area contributed by atoms with Crippen molar-refractivity contribution in [1.82, 2.24) is 15.3 Å². The number of para-hydroxylation sites is 1. The van der Waals surface area contributed by atoms with Crippen LogP contribution in [0.4, 0.5) is 5.82 Å². The molecule has 0 aliphatic carbocycles. The third-order valence-corrected chi connectivity index (χ3v) is 5.24. The molecule has 1 aromatic heterocycles. The number of anilines is 1. The molecule has 4 N–H and O–H groups in total. The van der Waals surface area contributed by atoms with Gasteiger partial charge in [0.15, 0.2) is 0 Å². The molecule has 1 amide bonds. The van der Waals surface area contributed by atoms with Crippen molar-refractivity contribution < 1.29 is 4.79 Å². The lowest BCUT2D eigenvalue weighted by molar-refractivity contribution is 0.100. The van der Waals surface area contributed by atoms with E-state index in [-0.39, 0.29) is 6.04 Å². The Hall–Kier alpha value is -2.51.